The van der Waals surface area contributed by atoms with E-state index in [-0.39, 0.29) is 18.5 Å². The molecule has 0 aliphatic carbocycles. The molecule has 1 fully saturated rings. The van der Waals surface area contributed by atoms with Crippen LogP contribution < -0.4 is 16.0 Å². The molecule has 0 spiro atoms. The zero-order valence-electron chi connectivity index (χ0n) is 11.1. The van der Waals surface area contributed by atoms with Crippen LogP contribution in [0.5, 0.6) is 0 Å². The van der Waals surface area contributed by atoms with Crippen molar-refractivity contribution < 1.29 is 24.3 Å². The molecule has 0 radical (unpaired) electrons. The van der Waals surface area contributed by atoms with Crippen LogP contribution in [0.25, 0.3) is 0 Å². The number of carbonyl (C=O) groups is 4. The molecule has 1 rings (SSSR count). The Bertz CT molecular complexity index is 412. The normalized spacial score (nSPS) is 18.4. The van der Waals surface area contributed by atoms with Gasteiger partial charge in [0.15, 0.2) is 0 Å². The van der Waals surface area contributed by atoms with Gasteiger partial charge in [-0.25, -0.2) is 4.79 Å². The maximum absolute atomic E-state index is 11.5. The van der Waals surface area contributed by atoms with E-state index in [1.807, 2.05) is 0 Å². The number of nitrogens with one attached hydrogen (secondary N) is 3. The van der Waals surface area contributed by atoms with Gasteiger partial charge < -0.3 is 26.0 Å². The predicted octanol–water partition coefficient (Wildman–Crippen LogP) is -1.89. The van der Waals surface area contributed by atoms with Gasteiger partial charge in [0.2, 0.25) is 11.8 Å². The lowest BCUT2D eigenvalue weighted by molar-refractivity contribution is -0.137. The Labute approximate surface area is 115 Å². The number of likely N-dealkylation sites (tertiary alicyclic amines) is 1. The molecule has 1 unspecified atom stereocenters. The molecule has 1 aliphatic rings. The van der Waals surface area contributed by atoms with E-state index in [9.17, 15) is 19.2 Å². The Kier molecular flexibility index (Phi) is 5.75. The number of amides is 4. The molecule has 0 aromatic carbocycles. The van der Waals surface area contributed by atoms with Crippen LogP contribution in [0.1, 0.15) is 12.8 Å². The fourth-order valence-electron chi connectivity index (χ4n) is 1.76. The minimum Gasteiger partial charge on any atom is -0.480 e. The number of aliphatic carboxylic acids is 1. The lowest BCUT2D eigenvalue weighted by Crippen LogP contribution is -2.52. The third-order valence-corrected chi connectivity index (χ3v) is 2.81. The summed E-state index contributed by atoms with van der Waals surface area (Å²) in [6.45, 7) is -0.365. The SMILES string of the molecule is CN1CC(NC(=O)NCC(=O)NCC(=O)O)CCC1=O. The highest BCUT2D eigenvalue weighted by molar-refractivity contribution is 5.86. The Balaban J connectivity index is 2.22. The van der Waals surface area contributed by atoms with Crippen LogP contribution in [0.4, 0.5) is 4.79 Å². The maximum atomic E-state index is 11.5. The minimum atomic E-state index is -1.15. The van der Waals surface area contributed by atoms with E-state index in [4.69, 9.17) is 5.11 Å². The molecule has 9 nitrogen and oxygen atoms in total. The van der Waals surface area contributed by atoms with Gasteiger partial charge >= 0.3 is 12.0 Å². The molecule has 9 heteroatoms. The Hall–Kier alpha value is -2.32. The van der Waals surface area contributed by atoms with Crippen molar-refractivity contribution in [2.45, 2.75) is 18.9 Å². The molecular weight excluding hydrogens is 268 g/mol. The van der Waals surface area contributed by atoms with Gasteiger partial charge in [0.1, 0.15) is 6.54 Å². The number of rotatable bonds is 5. The van der Waals surface area contributed by atoms with E-state index in [0.717, 1.165) is 0 Å². The van der Waals surface area contributed by atoms with E-state index < -0.39 is 24.5 Å². The number of piperidine rings is 1. The number of likely N-dealkylation sites (N-methyl/N-ethyl adjacent to an activating group) is 1. The molecule has 0 aromatic heterocycles. The van der Waals surface area contributed by atoms with Crippen LogP contribution in [0.2, 0.25) is 0 Å². The van der Waals surface area contributed by atoms with Gasteiger partial charge in [-0.05, 0) is 6.42 Å². The van der Waals surface area contributed by atoms with E-state index in [1.165, 1.54) is 4.90 Å². The van der Waals surface area contributed by atoms with Gasteiger partial charge in [-0.15, -0.1) is 0 Å². The maximum Gasteiger partial charge on any atom is 0.322 e. The first-order valence-electron chi connectivity index (χ1n) is 6.15. The summed E-state index contributed by atoms with van der Waals surface area (Å²) in [5.41, 5.74) is 0. The minimum absolute atomic E-state index is 0.0384. The largest absolute Gasteiger partial charge is 0.480 e. The topological polar surface area (TPSA) is 128 Å². The van der Waals surface area contributed by atoms with Crippen molar-refractivity contribution in [3.05, 3.63) is 0 Å². The number of carboxylic acid groups (broad SMARTS) is 1. The summed E-state index contributed by atoms with van der Waals surface area (Å²) in [5, 5.41) is 15.4. The summed E-state index contributed by atoms with van der Waals surface area (Å²) < 4.78 is 0. The molecule has 1 saturated heterocycles. The van der Waals surface area contributed by atoms with Crippen molar-refractivity contribution in [3.8, 4) is 0 Å². The highest BCUT2D eigenvalue weighted by Crippen LogP contribution is 2.09. The number of nitrogens with zero attached hydrogens (tertiary/aromatic N) is 1. The molecule has 1 aliphatic heterocycles. The van der Waals surface area contributed by atoms with Crippen LogP contribution in [0.3, 0.4) is 0 Å². The van der Waals surface area contributed by atoms with Crippen molar-refractivity contribution in [2.24, 2.45) is 0 Å². The lowest BCUT2D eigenvalue weighted by Gasteiger charge is -2.30. The first-order valence-corrected chi connectivity index (χ1v) is 6.15. The molecule has 0 bridgehead atoms. The number of urea groups is 1. The number of carboxylic acids is 1. The predicted molar refractivity (Wildman–Crippen MR) is 67.8 cm³/mol. The molecule has 0 aromatic rings. The van der Waals surface area contributed by atoms with Gasteiger partial charge in [-0.3, -0.25) is 14.4 Å². The van der Waals surface area contributed by atoms with Gasteiger partial charge in [0.05, 0.1) is 6.54 Å². The average molecular weight is 286 g/mol. The van der Waals surface area contributed by atoms with Crippen molar-refractivity contribution in [3.63, 3.8) is 0 Å². The highest BCUT2D eigenvalue weighted by Gasteiger charge is 2.23. The molecule has 0 saturated carbocycles. The van der Waals surface area contributed by atoms with Crippen LogP contribution in [0.15, 0.2) is 0 Å². The summed E-state index contributed by atoms with van der Waals surface area (Å²) in [6, 6.07) is -0.678. The molecule has 1 atom stereocenters. The summed E-state index contributed by atoms with van der Waals surface area (Å²) >= 11 is 0. The Morgan fingerprint density at radius 2 is 2.00 bits per heavy atom. The summed E-state index contributed by atoms with van der Waals surface area (Å²) in [5.74, 6) is -1.70. The fourth-order valence-corrected chi connectivity index (χ4v) is 1.76. The number of carbonyl (C=O) groups excluding carboxylic acids is 3. The first-order chi connectivity index (χ1) is 9.38. The third kappa shape index (κ3) is 5.55. The zero-order valence-corrected chi connectivity index (χ0v) is 11.1. The van der Waals surface area contributed by atoms with Crippen molar-refractivity contribution in [1.82, 2.24) is 20.9 Å². The Morgan fingerprint density at radius 1 is 1.30 bits per heavy atom. The second-order valence-corrected chi connectivity index (χ2v) is 4.51. The Morgan fingerprint density at radius 3 is 2.60 bits per heavy atom. The van der Waals surface area contributed by atoms with Gasteiger partial charge in [0, 0.05) is 26.1 Å². The number of hydrogen-bond acceptors (Lipinski definition) is 4. The van der Waals surface area contributed by atoms with Gasteiger partial charge in [-0.1, -0.05) is 0 Å². The molecule has 20 heavy (non-hydrogen) atoms. The molecule has 112 valence electrons. The molecular formula is C11H18N4O5. The molecule has 4 amide bonds. The van der Waals surface area contributed by atoms with E-state index in [0.29, 0.717) is 19.4 Å². The number of hydrogen-bond donors (Lipinski definition) is 4. The van der Waals surface area contributed by atoms with Crippen LogP contribution in [-0.4, -0.2) is 66.5 Å². The quantitative estimate of drug-likeness (QED) is 0.469. The van der Waals surface area contributed by atoms with Crippen molar-refractivity contribution in [1.29, 1.82) is 0 Å². The van der Waals surface area contributed by atoms with Gasteiger partial charge in [-0.2, -0.15) is 0 Å². The first kappa shape index (κ1) is 15.7. The van der Waals surface area contributed by atoms with Crippen LogP contribution in [0, 0.1) is 0 Å². The highest BCUT2D eigenvalue weighted by atomic mass is 16.4. The lowest BCUT2D eigenvalue weighted by atomic mass is 10.1. The van der Waals surface area contributed by atoms with E-state index in [1.54, 1.807) is 7.05 Å². The fraction of sp³-hybridized carbons (Fsp3) is 0.636. The smallest absolute Gasteiger partial charge is 0.322 e. The summed E-state index contributed by atoms with van der Waals surface area (Å²) in [6.07, 6.45) is 0.933. The average Bonchev–Trinajstić information content (AvgIpc) is 2.38. The third-order valence-electron chi connectivity index (χ3n) is 2.81. The van der Waals surface area contributed by atoms with Crippen LogP contribution in [-0.2, 0) is 14.4 Å². The summed E-state index contributed by atoms with van der Waals surface area (Å²) in [7, 11) is 1.66. The van der Waals surface area contributed by atoms with Crippen molar-refractivity contribution >= 4 is 23.8 Å². The van der Waals surface area contributed by atoms with E-state index >= 15 is 0 Å². The van der Waals surface area contributed by atoms with Crippen LogP contribution >= 0.6 is 0 Å². The zero-order chi connectivity index (χ0) is 15.1. The van der Waals surface area contributed by atoms with E-state index in [2.05, 4.69) is 16.0 Å². The van der Waals surface area contributed by atoms with Crippen molar-refractivity contribution in [2.75, 3.05) is 26.7 Å². The monoisotopic (exact) mass is 286 g/mol. The van der Waals surface area contributed by atoms with Gasteiger partial charge in [0.25, 0.3) is 0 Å². The standard InChI is InChI=1S/C11H18N4O5/c1-15-6-7(2-3-9(15)17)14-11(20)13-4-8(16)12-5-10(18)19/h7H,2-6H2,1H3,(H,12,16)(H,18,19)(H2,13,14,20). The second-order valence-electron chi connectivity index (χ2n) is 4.51. The molecule has 1 heterocycles. The summed E-state index contributed by atoms with van der Waals surface area (Å²) in [4.78, 5) is 45.7. The second kappa shape index (κ2) is 7.31. The molecule has 4 N–H and O–H groups in total.